The van der Waals surface area contributed by atoms with E-state index in [1.54, 1.807) is 20.2 Å². The number of guanidine groups is 1. The summed E-state index contributed by atoms with van der Waals surface area (Å²) < 4.78 is 4.87. The van der Waals surface area contributed by atoms with Crippen molar-refractivity contribution in [1.29, 1.82) is 0 Å². The minimum atomic E-state index is -0.108. The Hall–Kier alpha value is -0.770. The zero-order valence-corrected chi connectivity index (χ0v) is 18.2. The Morgan fingerprint density at radius 3 is 2.60 bits per heavy atom. The molecule has 0 radical (unpaired) electrons. The molecule has 0 aliphatic rings. The molecule has 0 saturated heterocycles. The van der Waals surface area contributed by atoms with Gasteiger partial charge >= 0.3 is 0 Å². The molecule has 0 saturated carbocycles. The van der Waals surface area contributed by atoms with Crippen LogP contribution in [0.25, 0.3) is 0 Å². The number of nitrogens with zero attached hydrogens (tertiary/aromatic N) is 1. The van der Waals surface area contributed by atoms with E-state index in [2.05, 4.69) is 20.9 Å². The van der Waals surface area contributed by atoms with Crippen LogP contribution in [0.4, 0.5) is 0 Å². The first-order chi connectivity index (χ1) is 11.6. The Morgan fingerprint density at radius 1 is 1.20 bits per heavy atom. The molecule has 3 N–H and O–H groups in total. The van der Waals surface area contributed by atoms with Crippen LogP contribution in [0, 0.1) is 0 Å². The first-order valence-electron chi connectivity index (χ1n) is 7.71. The van der Waals surface area contributed by atoms with Crippen molar-refractivity contribution in [3.05, 3.63) is 33.8 Å². The number of amides is 1. The number of methoxy groups -OCH3 is 1. The van der Waals surface area contributed by atoms with Crippen LogP contribution in [0.15, 0.2) is 23.2 Å². The maximum atomic E-state index is 11.6. The monoisotopic (exact) mass is 502 g/mol. The Bertz CT molecular complexity index is 559. The molecule has 1 aromatic carbocycles. The third-order valence-corrected chi connectivity index (χ3v) is 3.79. The fraction of sp³-hybridized carbons (Fsp3) is 0.500. The summed E-state index contributed by atoms with van der Waals surface area (Å²) in [6.45, 7) is 1.85. The number of halogens is 3. The van der Waals surface area contributed by atoms with Crippen molar-refractivity contribution in [1.82, 2.24) is 16.0 Å². The average Bonchev–Trinajstić information content (AvgIpc) is 2.56. The largest absolute Gasteiger partial charge is 0.383 e. The van der Waals surface area contributed by atoms with Gasteiger partial charge < -0.3 is 20.7 Å². The van der Waals surface area contributed by atoms with Crippen molar-refractivity contribution < 1.29 is 9.53 Å². The van der Waals surface area contributed by atoms with Gasteiger partial charge in [-0.25, -0.2) is 0 Å². The summed E-state index contributed by atoms with van der Waals surface area (Å²) in [5, 5.41) is 10.2. The molecule has 0 fully saturated rings. The zero-order chi connectivity index (χ0) is 17.8. The molecule has 0 aliphatic carbocycles. The summed E-state index contributed by atoms with van der Waals surface area (Å²) in [5.41, 5.74) is 1.06. The van der Waals surface area contributed by atoms with E-state index in [1.165, 1.54) is 0 Å². The lowest BCUT2D eigenvalue weighted by Crippen LogP contribution is -2.44. The van der Waals surface area contributed by atoms with Crippen LogP contribution in [-0.2, 0) is 16.0 Å². The highest BCUT2D eigenvalue weighted by molar-refractivity contribution is 14.0. The summed E-state index contributed by atoms with van der Waals surface area (Å²) in [6, 6.07) is 5.51. The number of rotatable bonds is 9. The molecule has 6 nitrogen and oxygen atoms in total. The molecule has 0 spiro atoms. The lowest BCUT2D eigenvalue weighted by Gasteiger charge is -2.12. The van der Waals surface area contributed by atoms with E-state index in [9.17, 15) is 4.79 Å². The first-order valence-corrected chi connectivity index (χ1v) is 8.46. The Balaban J connectivity index is 0.00000576. The second kappa shape index (κ2) is 14.4. The van der Waals surface area contributed by atoms with E-state index in [0.717, 1.165) is 18.4 Å². The van der Waals surface area contributed by atoms with Gasteiger partial charge in [0, 0.05) is 37.3 Å². The molecular weight excluding hydrogens is 478 g/mol. The van der Waals surface area contributed by atoms with Crippen LogP contribution in [0.1, 0.15) is 12.0 Å². The van der Waals surface area contributed by atoms with E-state index in [4.69, 9.17) is 27.9 Å². The first kappa shape index (κ1) is 24.2. The van der Waals surface area contributed by atoms with Gasteiger partial charge in [-0.05, 0) is 30.5 Å². The van der Waals surface area contributed by atoms with E-state index >= 15 is 0 Å². The summed E-state index contributed by atoms with van der Waals surface area (Å²) in [4.78, 5) is 15.7. The average molecular weight is 503 g/mol. The van der Waals surface area contributed by atoms with Crippen LogP contribution in [0.5, 0.6) is 0 Å². The molecule has 1 amide bonds. The highest BCUT2D eigenvalue weighted by atomic mass is 127. The van der Waals surface area contributed by atoms with Crippen molar-refractivity contribution in [3.63, 3.8) is 0 Å². The van der Waals surface area contributed by atoms with Gasteiger partial charge in [-0.15, -0.1) is 24.0 Å². The third kappa shape index (κ3) is 10.7. The number of hydrogen-bond donors (Lipinski definition) is 3. The SMILES string of the molecule is CN=C(NCCCc1ccc(Cl)cc1Cl)NCC(=O)NCCOC.I. The number of nitrogens with one attached hydrogen (secondary N) is 3. The van der Waals surface area contributed by atoms with Crippen molar-refractivity contribution in [3.8, 4) is 0 Å². The van der Waals surface area contributed by atoms with Gasteiger partial charge in [0.1, 0.15) is 0 Å². The molecule has 25 heavy (non-hydrogen) atoms. The van der Waals surface area contributed by atoms with Crippen molar-refractivity contribution >= 4 is 59.0 Å². The van der Waals surface area contributed by atoms with Gasteiger partial charge in [-0.1, -0.05) is 29.3 Å². The summed E-state index contributed by atoms with van der Waals surface area (Å²) in [7, 11) is 3.25. The van der Waals surface area contributed by atoms with Crippen molar-refractivity contribution in [2.24, 2.45) is 4.99 Å². The van der Waals surface area contributed by atoms with Crippen LogP contribution in [0.2, 0.25) is 10.0 Å². The van der Waals surface area contributed by atoms with Gasteiger partial charge in [0.15, 0.2) is 5.96 Å². The molecule has 0 unspecified atom stereocenters. The quantitative estimate of drug-likeness (QED) is 0.210. The molecule has 0 aliphatic heterocycles. The minimum absolute atomic E-state index is 0. The number of carbonyl (C=O) groups is 1. The predicted molar refractivity (Wildman–Crippen MR) is 114 cm³/mol. The third-order valence-electron chi connectivity index (χ3n) is 3.20. The second-order valence-electron chi connectivity index (χ2n) is 5.03. The number of benzene rings is 1. The number of aliphatic imine (C=N–C) groups is 1. The summed E-state index contributed by atoms with van der Waals surface area (Å²) in [5.74, 6) is 0.474. The fourth-order valence-corrected chi connectivity index (χ4v) is 2.45. The van der Waals surface area contributed by atoms with Crippen LogP contribution < -0.4 is 16.0 Å². The molecule has 142 valence electrons. The van der Waals surface area contributed by atoms with Gasteiger partial charge in [0.05, 0.1) is 13.2 Å². The van der Waals surface area contributed by atoms with Gasteiger partial charge in [0.2, 0.25) is 5.91 Å². The molecular formula is C16H25Cl2IN4O2. The van der Waals surface area contributed by atoms with Crippen LogP contribution >= 0.6 is 47.2 Å². The molecule has 0 bridgehead atoms. The Labute approximate surface area is 176 Å². The number of carbonyl (C=O) groups excluding carboxylic acids is 1. The lowest BCUT2D eigenvalue weighted by atomic mass is 10.1. The number of aryl methyl sites for hydroxylation is 1. The molecule has 0 atom stereocenters. The number of ether oxygens (including phenoxy) is 1. The number of hydrogen-bond acceptors (Lipinski definition) is 3. The van der Waals surface area contributed by atoms with E-state index < -0.39 is 0 Å². The fourth-order valence-electron chi connectivity index (χ4n) is 1.95. The highest BCUT2D eigenvalue weighted by Gasteiger charge is 2.04. The zero-order valence-electron chi connectivity index (χ0n) is 14.4. The van der Waals surface area contributed by atoms with Crippen LogP contribution in [0.3, 0.4) is 0 Å². The van der Waals surface area contributed by atoms with Gasteiger partial charge in [-0.2, -0.15) is 0 Å². The highest BCUT2D eigenvalue weighted by Crippen LogP contribution is 2.21. The van der Waals surface area contributed by atoms with Crippen molar-refractivity contribution in [2.75, 3.05) is 40.4 Å². The predicted octanol–water partition coefficient (Wildman–Crippen LogP) is 2.47. The Morgan fingerprint density at radius 2 is 1.96 bits per heavy atom. The smallest absolute Gasteiger partial charge is 0.239 e. The Kier molecular flexibility index (Phi) is 14.0. The van der Waals surface area contributed by atoms with E-state index in [-0.39, 0.29) is 36.4 Å². The second-order valence-corrected chi connectivity index (χ2v) is 5.88. The van der Waals surface area contributed by atoms with E-state index in [1.807, 2.05) is 12.1 Å². The molecule has 0 heterocycles. The standard InChI is InChI=1S/C16H24Cl2N4O2.HI/c1-19-16(22-11-15(23)20-8-9-24-2)21-7-3-4-12-5-6-13(17)10-14(12)18;/h5-6,10H,3-4,7-9,11H2,1-2H3,(H,20,23)(H2,19,21,22);1H. The van der Waals surface area contributed by atoms with E-state index in [0.29, 0.717) is 35.7 Å². The lowest BCUT2D eigenvalue weighted by molar-refractivity contribution is -0.120. The molecule has 1 rings (SSSR count). The molecule has 0 aromatic heterocycles. The summed E-state index contributed by atoms with van der Waals surface area (Å²) in [6.07, 6.45) is 1.71. The van der Waals surface area contributed by atoms with Gasteiger partial charge in [0.25, 0.3) is 0 Å². The molecule has 9 heteroatoms. The topological polar surface area (TPSA) is 74.8 Å². The maximum absolute atomic E-state index is 11.6. The van der Waals surface area contributed by atoms with Crippen molar-refractivity contribution in [2.45, 2.75) is 12.8 Å². The normalized spacial score (nSPS) is 10.8. The minimum Gasteiger partial charge on any atom is -0.383 e. The summed E-state index contributed by atoms with van der Waals surface area (Å²) >= 11 is 12.0. The molecule has 1 aromatic rings. The maximum Gasteiger partial charge on any atom is 0.239 e. The van der Waals surface area contributed by atoms with Crippen LogP contribution in [-0.4, -0.2) is 52.3 Å². The van der Waals surface area contributed by atoms with Gasteiger partial charge in [-0.3, -0.25) is 9.79 Å².